The van der Waals surface area contributed by atoms with Crippen molar-refractivity contribution >= 4 is 23.2 Å². The van der Waals surface area contributed by atoms with Crippen LogP contribution in [0.1, 0.15) is 0 Å². The monoisotopic (exact) mass is 203 g/mol. The van der Waals surface area contributed by atoms with Gasteiger partial charge < -0.3 is 16.9 Å². The van der Waals surface area contributed by atoms with Crippen LogP contribution in [0.2, 0.25) is 0 Å². The van der Waals surface area contributed by atoms with Gasteiger partial charge in [-0.1, -0.05) is 0 Å². The molecular formula is C6H12Cl3N. The first-order valence-electron chi connectivity index (χ1n) is 3.30. The lowest BCUT2D eigenvalue weighted by molar-refractivity contribution is -0.794. The van der Waals surface area contributed by atoms with E-state index in [4.69, 9.17) is 23.2 Å². The lowest BCUT2D eigenvalue weighted by Gasteiger charge is -2.14. The molecule has 0 saturated carbocycles. The molecule has 0 N–H and O–H groups in total. The number of nitrogens with zero attached hydrogens (tertiary/aromatic N) is 1. The van der Waals surface area contributed by atoms with Crippen molar-refractivity contribution in [3.05, 3.63) is 0 Å². The fourth-order valence-corrected chi connectivity index (χ4v) is 1.78. The van der Waals surface area contributed by atoms with E-state index in [2.05, 4.69) is 0 Å². The topological polar surface area (TPSA) is 0 Å². The molecule has 1 nitrogen and oxygen atoms in total. The highest BCUT2D eigenvalue weighted by atomic mass is 35.5. The fraction of sp³-hybridized carbons (Fsp3) is 1.00. The Labute approximate surface area is 78.3 Å². The second kappa shape index (κ2) is 4.66. The molecule has 0 aliphatic carbocycles. The Morgan fingerprint density at radius 1 is 1.00 bits per heavy atom. The summed E-state index contributed by atoms with van der Waals surface area (Å²) in [5.74, 6) is 1.55. The lowest BCUT2D eigenvalue weighted by atomic mass is 10.6. The van der Waals surface area contributed by atoms with Gasteiger partial charge >= 0.3 is 0 Å². The average molecular weight is 205 g/mol. The number of quaternary nitrogens is 1. The van der Waals surface area contributed by atoms with Crippen LogP contribution in [0, 0.1) is 0 Å². The molecule has 10 heavy (non-hydrogen) atoms. The molecule has 1 heterocycles. The molecule has 0 amide bonds. The molecule has 0 aromatic carbocycles. The normalized spacial score (nSPS) is 19.8. The van der Waals surface area contributed by atoms with Gasteiger partial charge in [0.15, 0.2) is 0 Å². The third-order valence-electron chi connectivity index (χ3n) is 1.97. The summed E-state index contributed by atoms with van der Waals surface area (Å²) in [6.45, 7) is 4.79. The third kappa shape index (κ3) is 2.83. The minimum atomic E-state index is 0. The molecule has 1 rings (SSSR count). The van der Waals surface area contributed by atoms with Gasteiger partial charge in [0, 0.05) is 0 Å². The van der Waals surface area contributed by atoms with E-state index in [1.807, 2.05) is 0 Å². The predicted molar refractivity (Wildman–Crippen MR) is 41.2 cm³/mol. The van der Waals surface area contributed by atoms with E-state index < -0.39 is 0 Å². The van der Waals surface area contributed by atoms with Gasteiger partial charge in [0.1, 0.15) is 13.1 Å². The Morgan fingerprint density at radius 3 is 1.60 bits per heavy atom. The van der Waals surface area contributed by atoms with Crippen molar-refractivity contribution in [2.24, 2.45) is 0 Å². The molecule has 1 aliphatic heterocycles. The average Bonchev–Trinajstić information content (AvgIpc) is 2.51. The number of rotatable bonds is 4. The van der Waals surface area contributed by atoms with Crippen molar-refractivity contribution in [1.82, 2.24) is 0 Å². The van der Waals surface area contributed by atoms with Gasteiger partial charge in [-0.15, -0.1) is 23.2 Å². The van der Waals surface area contributed by atoms with Crippen molar-refractivity contribution in [3.63, 3.8) is 0 Å². The minimum Gasteiger partial charge on any atom is -1.00 e. The zero-order valence-corrected chi connectivity index (χ0v) is 8.09. The molecule has 62 valence electrons. The summed E-state index contributed by atoms with van der Waals surface area (Å²) >= 11 is 11.2. The van der Waals surface area contributed by atoms with Gasteiger partial charge in [0.05, 0.1) is 24.8 Å². The summed E-state index contributed by atoms with van der Waals surface area (Å²) in [6, 6.07) is 0. The first-order valence-corrected chi connectivity index (χ1v) is 4.37. The van der Waals surface area contributed by atoms with Crippen LogP contribution in [0.4, 0.5) is 0 Å². The number of hydrogen-bond donors (Lipinski definition) is 0. The second-order valence-corrected chi connectivity index (χ2v) is 3.37. The van der Waals surface area contributed by atoms with Crippen LogP contribution < -0.4 is 12.4 Å². The van der Waals surface area contributed by atoms with Crippen LogP contribution in [0.25, 0.3) is 0 Å². The SMILES string of the molecule is ClCC[N+]1(CCCl)CC1.[Cl-]. The third-order valence-corrected chi connectivity index (χ3v) is 2.31. The second-order valence-electron chi connectivity index (χ2n) is 2.61. The maximum absolute atomic E-state index is 5.60. The molecular weight excluding hydrogens is 192 g/mol. The van der Waals surface area contributed by atoms with Crippen LogP contribution >= 0.6 is 23.2 Å². The van der Waals surface area contributed by atoms with Gasteiger partial charge in [-0.25, -0.2) is 0 Å². The zero-order valence-electron chi connectivity index (χ0n) is 5.82. The summed E-state index contributed by atoms with van der Waals surface area (Å²) in [7, 11) is 0. The summed E-state index contributed by atoms with van der Waals surface area (Å²) in [6.07, 6.45) is 0. The lowest BCUT2D eigenvalue weighted by Crippen LogP contribution is -3.00. The van der Waals surface area contributed by atoms with Crippen LogP contribution in [0.15, 0.2) is 0 Å². The van der Waals surface area contributed by atoms with Crippen LogP contribution in [-0.4, -0.2) is 42.4 Å². The van der Waals surface area contributed by atoms with Crippen molar-refractivity contribution in [2.75, 3.05) is 37.9 Å². The number of hydrogen-bond acceptors (Lipinski definition) is 0. The molecule has 0 bridgehead atoms. The molecule has 4 heteroatoms. The maximum Gasteiger partial charge on any atom is 0.129 e. The van der Waals surface area contributed by atoms with Crippen molar-refractivity contribution < 1.29 is 16.9 Å². The van der Waals surface area contributed by atoms with E-state index in [1.54, 1.807) is 0 Å². The van der Waals surface area contributed by atoms with Crippen LogP contribution in [-0.2, 0) is 0 Å². The van der Waals surface area contributed by atoms with E-state index in [0.717, 1.165) is 24.8 Å². The quantitative estimate of drug-likeness (QED) is 0.291. The molecule has 0 aromatic heterocycles. The fourth-order valence-electron chi connectivity index (χ4n) is 1.06. The van der Waals surface area contributed by atoms with Gasteiger partial charge in [0.25, 0.3) is 0 Å². The summed E-state index contributed by atoms with van der Waals surface area (Å²) in [5.41, 5.74) is 0. The Hall–Kier alpha value is 0.830. The molecule has 1 aliphatic rings. The highest BCUT2D eigenvalue weighted by Crippen LogP contribution is 2.20. The smallest absolute Gasteiger partial charge is 0.129 e. The molecule has 0 atom stereocenters. The van der Waals surface area contributed by atoms with Crippen LogP contribution in [0.5, 0.6) is 0 Å². The van der Waals surface area contributed by atoms with Gasteiger partial charge in [-0.2, -0.15) is 0 Å². The Balaban J connectivity index is 0.000000810. The van der Waals surface area contributed by atoms with E-state index in [0.29, 0.717) is 0 Å². The highest BCUT2D eigenvalue weighted by molar-refractivity contribution is 6.18. The standard InChI is InChI=1S/C6H12Cl2N.ClH/c7-1-3-9(4-2-8)5-6-9;/h1-6H2;1H/q+1;/p-1. The Morgan fingerprint density at radius 2 is 1.40 bits per heavy atom. The summed E-state index contributed by atoms with van der Waals surface area (Å²) in [4.78, 5) is 0. The highest BCUT2D eigenvalue weighted by Gasteiger charge is 2.40. The van der Waals surface area contributed by atoms with E-state index in [-0.39, 0.29) is 12.4 Å². The van der Waals surface area contributed by atoms with E-state index >= 15 is 0 Å². The first-order chi connectivity index (χ1) is 4.33. The molecule has 1 saturated heterocycles. The number of alkyl halides is 2. The summed E-state index contributed by atoms with van der Waals surface area (Å²) < 4.78 is 1.17. The van der Waals surface area contributed by atoms with Gasteiger partial charge in [0.2, 0.25) is 0 Å². The van der Waals surface area contributed by atoms with Crippen molar-refractivity contribution in [2.45, 2.75) is 0 Å². The van der Waals surface area contributed by atoms with Gasteiger partial charge in [-0.3, -0.25) is 0 Å². The molecule has 0 radical (unpaired) electrons. The maximum atomic E-state index is 5.60. The predicted octanol–water partition coefficient (Wildman–Crippen LogP) is -1.70. The van der Waals surface area contributed by atoms with Gasteiger partial charge in [-0.05, 0) is 0 Å². The van der Waals surface area contributed by atoms with Crippen molar-refractivity contribution in [1.29, 1.82) is 0 Å². The van der Waals surface area contributed by atoms with E-state index in [9.17, 15) is 0 Å². The molecule has 1 fully saturated rings. The summed E-state index contributed by atoms with van der Waals surface area (Å²) in [5, 5.41) is 0. The number of halogens is 3. The Kier molecular flexibility index (Phi) is 5.04. The molecule has 0 spiro atoms. The van der Waals surface area contributed by atoms with Crippen molar-refractivity contribution in [3.8, 4) is 0 Å². The van der Waals surface area contributed by atoms with E-state index in [1.165, 1.54) is 17.6 Å². The zero-order chi connectivity index (χ0) is 6.74. The van der Waals surface area contributed by atoms with Crippen LogP contribution in [0.3, 0.4) is 0 Å². The first kappa shape index (κ1) is 10.8. The molecule has 0 aromatic rings. The minimum absolute atomic E-state index is 0. The largest absolute Gasteiger partial charge is 1.00 e. The Bertz CT molecular complexity index is 85.0. The molecule has 0 unspecified atom stereocenters.